The Balaban J connectivity index is 1.23. The van der Waals surface area contributed by atoms with Gasteiger partial charge in [-0.05, 0) is 47.7 Å². The molecule has 9 heteroatoms. The van der Waals surface area contributed by atoms with E-state index in [0.29, 0.717) is 29.4 Å². The third-order valence-electron chi connectivity index (χ3n) is 4.84. The van der Waals surface area contributed by atoms with Gasteiger partial charge in [0.1, 0.15) is 0 Å². The molecular formula is C24H23N5O2S2. The van der Waals surface area contributed by atoms with Crippen LogP contribution in [0.2, 0.25) is 0 Å². The van der Waals surface area contributed by atoms with Crippen LogP contribution in [0.3, 0.4) is 0 Å². The summed E-state index contributed by atoms with van der Waals surface area (Å²) in [6.07, 6.45) is 1.11. The molecule has 0 spiro atoms. The molecule has 4 aromatic rings. The average Bonchev–Trinajstić information content (AvgIpc) is 3.48. The van der Waals surface area contributed by atoms with Gasteiger partial charge in [0.15, 0.2) is 11.0 Å². The number of nitrogens with zero attached hydrogens (tertiary/aromatic N) is 3. The lowest BCUT2D eigenvalue weighted by molar-refractivity contribution is -0.116. The van der Waals surface area contributed by atoms with Gasteiger partial charge in [0.05, 0.1) is 10.6 Å². The second-order valence-corrected chi connectivity index (χ2v) is 9.18. The van der Waals surface area contributed by atoms with E-state index in [1.54, 1.807) is 35.6 Å². The van der Waals surface area contributed by atoms with Gasteiger partial charge in [-0.25, -0.2) is 0 Å². The van der Waals surface area contributed by atoms with Crippen LogP contribution < -0.4 is 10.6 Å². The molecule has 0 bridgehead atoms. The van der Waals surface area contributed by atoms with Crippen LogP contribution in [0.5, 0.6) is 0 Å². The fraction of sp³-hybridized carbons (Fsp3) is 0.167. The second-order valence-electron chi connectivity index (χ2n) is 7.29. The zero-order valence-electron chi connectivity index (χ0n) is 18.0. The molecule has 168 valence electrons. The first-order valence-electron chi connectivity index (χ1n) is 10.4. The molecular weight excluding hydrogens is 454 g/mol. The summed E-state index contributed by atoms with van der Waals surface area (Å²) in [4.78, 5) is 25.6. The van der Waals surface area contributed by atoms with E-state index in [9.17, 15) is 9.59 Å². The predicted octanol–water partition coefficient (Wildman–Crippen LogP) is 4.85. The van der Waals surface area contributed by atoms with Gasteiger partial charge in [-0.1, -0.05) is 48.2 Å². The number of hydrogen-bond donors (Lipinski definition) is 2. The number of nitrogens with one attached hydrogen (secondary N) is 2. The Hall–Kier alpha value is -3.43. The molecule has 2 aromatic carbocycles. The molecule has 0 radical (unpaired) electrons. The number of carbonyl (C=O) groups excluding carboxylic acids is 2. The molecule has 0 saturated carbocycles. The third-order valence-corrected chi connectivity index (χ3v) is 6.73. The topological polar surface area (TPSA) is 88.9 Å². The van der Waals surface area contributed by atoms with Crippen LogP contribution in [-0.2, 0) is 23.1 Å². The van der Waals surface area contributed by atoms with E-state index >= 15 is 0 Å². The van der Waals surface area contributed by atoms with Crippen molar-refractivity contribution in [3.63, 3.8) is 0 Å². The molecule has 0 saturated heterocycles. The highest BCUT2D eigenvalue weighted by Gasteiger charge is 2.13. The summed E-state index contributed by atoms with van der Waals surface area (Å²) in [5.74, 6) is 0.821. The van der Waals surface area contributed by atoms with Crippen molar-refractivity contribution < 1.29 is 9.59 Å². The van der Waals surface area contributed by atoms with Crippen molar-refractivity contribution in [2.45, 2.75) is 18.0 Å². The number of carbonyl (C=O) groups is 2. The number of aryl methyl sites for hydroxylation is 1. The molecule has 0 aliphatic rings. The number of benzene rings is 2. The second kappa shape index (κ2) is 10.9. The molecule has 0 unspecified atom stereocenters. The molecule has 0 fully saturated rings. The van der Waals surface area contributed by atoms with Gasteiger partial charge in [-0.2, -0.15) is 0 Å². The van der Waals surface area contributed by atoms with Crippen molar-refractivity contribution in [2.75, 3.05) is 16.4 Å². The first-order valence-corrected chi connectivity index (χ1v) is 12.2. The van der Waals surface area contributed by atoms with Crippen LogP contribution in [0.25, 0.3) is 10.7 Å². The quantitative estimate of drug-likeness (QED) is 0.337. The van der Waals surface area contributed by atoms with Crippen molar-refractivity contribution >= 4 is 46.3 Å². The Kier molecular flexibility index (Phi) is 7.54. The number of rotatable bonds is 9. The van der Waals surface area contributed by atoms with Crippen LogP contribution in [-0.4, -0.2) is 32.3 Å². The Morgan fingerprint density at radius 1 is 0.909 bits per heavy atom. The van der Waals surface area contributed by atoms with E-state index in [4.69, 9.17) is 0 Å². The standard InChI is InChI=1S/C24H23N5O2S2/c1-29-23(20-8-5-15-32-20)27-28-24(29)33-16-22(31)26-19-12-10-18(11-13-19)25-21(30)14-9-17-6-3-2-4-7-17/h2-8,10-13,15H,9,14,16H2,1H3,(H,25,30)(H,26,31). The Labute approximate surface area is 200 Å². The maximum atomic E-state index is 12.4. The third kappa shape index (κ3) is 6.30. The maximum Gasteiger partial charge on any atom is 0.234 e. The van der Waals surface area contributed by atoms with Gasteiger partial charge >= 0.3 is 0 Å². The predicted molar refractivity (Wildman–Crippen MR) is 134 cm³/mol. The van der Waals surface area contributed by atoms with Crippen LogP contribution in [0.1, 0.15) is 12.0 Å². The highest BCUT2D eigenvalue weighted by atomic mass is 32.2. The zero-order valence-corrected chi connectivity index (χ0v) is 19.7. The van der Waals surface area contributed by atoms with Gasteiger partial charge in [0.25, 0.3) is 0 Å². The molecule has 0 aliphatic heterocycles. The smallest absolute Gasteiger partial charge is 0.234 e. The summed E-state index contributed by atoms with van der Waals surface area (Å²) in [6.45, 7) is 0. The number of thiophene rings is 1. The van der Waals surface area contributed by atoms with E-state index in [1.807, 2.05) is 59.5 Å². The lowest BCUT2D eigenvalue weighted by atomic mass is 10.1. The van der Waals surface area contributed by atoms with Crippen LogP contribution >= 0.6 is 23.1 Å². The zero-order chi connectivity index (χ0) is 23.0. The Morgan fingerprint density at radius 2 is 1.61 bits per heavy atom. The van der Waals surface area contributed by atoms with Gasteiger partial charge in [0.2, 0.25) is 11.8 Å². The van der Waals surface area contributed by atoms with Crippen molar-refractivity contribution in [3.8, 4) is 10.7 Å². The van der Waals surface area contributed by atoms with Crippen LogP contribution in [0, 0.1) is 0 Å². The Morgan fingerprint density at radius 3 is 2.27 bits per heavy atom. The molecule has 0 atom stereocenters. The van der Waals surface area contributed by atoms with Crippen LogP contribution in [0.15, 0.2) is 77.3 Å². The number of aromatic nitrogens is 3. The van der Waals surface area contributed by atoms with E-state index in [-0.39, 0.29) is 17.6 Å². The fourth-order valence-corrected chi connectivity index (χ4v) is 4.61. The highest BCUT2D eigenvalue weighted by molar-refractivity contribution is 7.99. The van der Waals surface area contributed by atoms with Gasteiger partial charge in [0, 0.05) is 24.8 Å². The monoisotopic (exact) mass is 477 g/mol. The van der Waals surface area contributed by atoms with E-state index in [2.05, 4.69) is 20.8 Å². The summed E-state index contributed by atoms with van der Waals surface area (Å²) < 4.78 is 1.89. The van der Waals surface area contributed by atoms with Gasteiger partial charge < -0.3 is 15.2 Å². The molecule has 2 heterocycles. The summed E-state index contributed by atoms with van der Waals surface area (Å²) in [5.41, 5.74) is 2.49. The van der Waals surface area contributed by atoms with E-state index < -0.39 is 0 Å². The molecule has 2 aromatic heterocycles. The lowest BCUT2D eigenvalue weighted by Crippen LogP contribution is -2.15. The summed E-state index contributed by atoms with van der Waals surface area (Å²) in [7, 11) is 1.89. The molecule has 0 aliphatic carbocycles. The summed E-state index contributed by atoms with van der Waals surface area (Å²) in [6, 6.07) is 21.0. The molecule has 2 amide bonds. The number of hydrogen-bond acceptors (Lipinski definition) is 6. The van der Waals surface area contributed by atoms with Gasteiger partial charge in [-0.3, -0.25) is 9.59 Å². The van der Waals surface area contributed by atoms with Gasteiger partial charge in [-0.15, -0.1) is 21.5 Å². The summed E-state index contributed by atoms with van der Waals surface area (Å²) >= 11 is 2.93. The molecule has 2 N–H and O–H groups in total. The van der Waals surface area contributed by atoms with E-state index in [0.717, 1.165) is 16.3 Å². The first-order chi connectivity index (χ1) is 16.1. The number of thioether (sulfide) groups is 1. The van der Waals surface area contributed by atoms with Crippen molar-refractivity contribution in [2.24, 2.45) is 7.05 Å². The summed E-state index contributed by atoms with van der Waals surface area (Å²) in [5, 5.41) is 16.8. The molecule has 33 heavy (non-hydrogen) atoms. The number of amides is 2. The number of anilines is 2. The minimum Gasteiger partial charge on any atom is -0.326 e. The largest absolute Gasteiger partial charge is 0.326 e. The minimum atomic E-state index is -0.139. The lowest BCUT2D eigenvalue weighted by Gasteiger charge is -2.08. The first kappa shape index (κ1) is 22.8. The molecule has 4 rings (SSSR count). The SMILES string of the molecule is Cn1c(SCC(=O)Nc2ccc(NC(=O)CCc3ccccc3)cc2)nnc1-c1cccs1. The van der Waals surface area contributed by atoms with Crippen molar-refractivity contribution in [1.82, 2.24) is 14.8 Å². The van der Waals surface area contributed by atoms with Crippen molar-refractivity contribution in [1.29, 1.82) is 0 Å². The van der Waals surface area contributed by atoms with Crippen LogP contribution in [0.4, 0.5) is 11.4 Å². The maximum absolute atomic E-state index is 12.4. The Bertz CT molecular complexity index is 1210. The molecule has 7 nitrogen and oxygen atoms in total. The fourth-order valence-electron chi connectivity index (χ4n) is 3.15. The minimum absolute atomic E-state index is 0.0439. The van der Waals surface area contributed by atoms with Crippen molar-refractivity contribution in [3.05, 3.63) is 77.7 Å². The highest BCUT2D eigenvalue weighted by Crippen LogP contribution is 2.26. The van der Waals surface area contributed by atoms with E-state index in [1.165, 1.54) is 11.8 Å². The normalized spacial score (nSPS) is 10.7. The average molecular weight is 478 g/mol.